The van der Waals surface area contributed by atoms with Crippen molar-refractivity contribution < 1.29 is 14.2 Å². The van der Waals surface area contributed by atoms with Crippen LogP contribution in [0, 0.1) is 17.1 Å². The van der Waals surface area contributed by atoms with Gasteiger partial charge in [0.15, 0.2) is 0 Å². The Kier molecular flexibility index (Phi) is 3.59. The van der Waals surface area contributed by atoms with Gasteiger partial charge in [0.2, 0.25) is 0 Å². The monoisotopic (exact) mass is 283 g/mol. The molecule has 2 aromatic carbocycles. The third kappa shape index (κ3) is 2.74. The molecule has 0 unspecified atom stereocenters. The van der Waals surface area contributed by atoms with Crippen LogP contribution in [0.1, 0.15) is 34.8 Å². The number of benzene rings is 2. The number of nitriles is 1. The molecule has 0 aromatic heterocycles. The SMILES string of the molecule is N#Cc1ccc(F)cc1COc1ccc2c(c1)CC[C@H]2O. The molecule has 1 aliphatic rings. The van der Waals surface area contributed by atoms with Gasteiger partial charge < -0.3 is 9.84 Å². The molecule has 0 radical (unpaired) electrons. The highest BCUT2D eigenvalue weighted by Crippen LogP contribution is 2.33. The van der Waals surface area contributed by atoms with E-state index in [1.807, 2.05) is 18.2 Å². The van der Waals surface area contributed by atoms with Crippen molar-refractivity contribution in [2.24, 2.45) is 0 Å². The van der Waals surface area contributed by atoms with Gasteiger partial charge in [-0.2, -0.15) is 5.26 Å². The first-order valence-corrected chi connectivity index (χ1v) is 6.79. The van der Waals surface area contributed by atoms with Crippen LogP contribution in [0.4, 0.5) is 4.39 Å². The molecule has 1 aliphatic carbocycles. The summed E-state index contributed by atoms with van der Waals surface area (Å²) in [7, 11) is 0. The third-order valence-electron chi connectivity index (χ3n) is 3.74. The summed E-state index contributed by atoms with van der Waals surface area (Å²) in [5.41, 5.74) is 2.97. The van der Waals surface area contributed by atoms with Crippen LogP contribution in [0.3, 0.4) is 0 Å². The van der Waals surface area contributed by atoms with Gasteiger partial charge in [-0.05, 0) is 54.3 Å². The minimum Gasteiger partial charge on any atom is -0.489 e. The summed E-state index contributed by atoms with van der Waals surface area (Å²) in [6.45, 7) is 0.141. The Morgan fingerprint density at radius 3 is 2.95 bits per heavy atom. The zero-order valence-corrected chi connectivity index (χ0v) is 11.3. The summed E-state index contributed by atoms with van der Waals surface area (Å²) in [5.74, 6) is 0.278. The number of aliphatic hydroxyl groups excluding tert-OH is 1. The number of rotatable bonds is 3. The van der Waals surface area contributed by atoms with Gasteiger partial charge in [0.25, 0.3) is 0 Å². The first kappa shape index (κ1) is 13.6. The second-order valence-corrected chi connectivity index (χ2v) is 5.12. The highest BCUT2D eigenvalue weighted by Gasteiger charge is 2.20. The molecule has 0 saturated carbocycles. The van der Waals surface area contributed by atoms with Crippen molar-refractivity contribution in [1.82, 2.24) is 0 Å². The first-order chi connectivity index (χ1) is 10.2. The summed E-state index contributed by atoms with van der Waals surface area (Å²) in [6.07, 6.45) is 1.18. The minimum atomic E-state index is -0.387. The number of nitrogens with zero attached hydrogens (tertiary/aromatic N) is 1. The lowest BCUT2D eigenvalue weighted by Crippen LogP contribution is -2.00. The van der Waals surface area contributed by atoms with E-state index < -0.39 is 0 Å². The third-order valence-corrected chi connectivity index (χ3v) is 3.74. The highest BCUT2D eigenvalue weighted by molar-refractivity contribution is 5.41. The first-order valence-electron chi connectivity index (χ1n) is 6.79. The van der Waals surface area contributed by atoms with Crippen LogP contribution in [-0.4, -0.2) is 5.11 Å². The van der Waals surface area contributed by atoms with E-state index in [4.69, 9.17) is 10.00 Å². The lowest BCUT2D eigenvalue weighted by atomic mass is 10.1. The fourth-order valence-corrected chi connectivity index (χ4v) is 2.61. The summed E-state index contributed by atoms with van der Waals surface area (Å²) in [6, 6.07) is 11.6. The molecule has 1 atom stereocenters. The van der Waals surface area contributed by atoms with E-state index in [0.717, 1.165) is 24.0 Å². The molecule has 4 heteroatoms. The van der Waals surface area contributed by atoms with Crippen molar-refractivity contribution in [1.29, 1.82) is 5.26 Å². The summed E-state index contributed by atoms with van der Waals surface area (Å²) in [4.78, 5) is 0. The summed E-state index contributed by atoms with van der Waals surface area (Å²) >= 11 is 0. The average Bonchev–Trinajstić information content (AvgIpc) is 2.86. The number of fused-ring (bicyclic) bond motifs is 1. The van der Waals surface area contributed by atoms with Gasteiger partial charge in [0.05, 0.1) is 17.7 Å². The van der Waals surface area contributed by atoms with Crippen molar-refractivity contribution in [3.63, 3.8) is 0 Å². The minimum absolute atomic E-state index is 0.141. The molecular formula is C17H14FNO2. The van der Waals surface area contributed by atoms with E-state index in [1.54, 1.807) is 6.07 Å². The second-order valence-electron chi connectivity index (χ2n) is 5.12. The number of halogens is 1. The van der Waals surface area contributed by atoms with Crippen molar-refractivity contribution in [3.05, 3.63) is 64.5 Å². The quantitative estimate of drug-likeness (QED) is 0.940. The van der Waals surface area contributed by atoms with Crippen LogP contribution in [-0.2, 0) is 13.0 Å². The molecule has 0 fully saturated rings. The van der Waals surface area contributed by atoms with Crippen molar-refractivity contribution in [2.45, 2.75) is 25.6 Å². The van der Waals surface area contributed by atoms with E-state index in [1.165, 1.54) is 18.2 Å². The van der Waals surface area contributed by atoms with Gasteiger partial charge in [0, 0.05) is 5.56 Å². The number of hydrogen-bond acceptors (Lipinski definition) is 3. The van der Waals surface area contributed by atoms with Crippen molar-refractivity contribution >= 4 is 0 Å². The van der Waals surface area contributed by atoms with E-state index in [0.29, 0.717) is 16.9 Å². The maximum absolute atomic E-state index is 13.2. The Balaban J connectivity index is 1.77. The molecule has 0 saturated heterocycles. The van der Waals surface area contributed by atoms with E-state index in [9.17, 15) is 9.50 Å². The molecule has 0 heterocycles. The molecule has 106 valence electrons. The number of hydrogen-bond donors (Lipinski definition) is 1. The number of ether oxygens (including phenoxy) is 1. The molecule has 0 amide bonds. The topological polar surface area (TPSA) is 53.2 Å². The lowest BCUT2D eigenvalue weighted by molar-refractivity contribution is 0.180. The summed E-state index contributed by atoms with van der Waals surface area (Å²) in [5, 5.41) is 18.8. The van der Waals surface area contributed by atoms with Gasteiger partial charge in [-0.3, -0.25) is 0 Å². The van der Waals surface area contributed by atoms with E-state index in [2.05, 4.69) is 0 Å². The molecular weight excluding hydrogens is 269 g/mol. The van der Waals surface area contributed by atoms with Gasteiger partial charge >= 0.3 is 0 Å². The van der Waals surface area contributed by atoms with Crippen LogP contribution in [0.2, 0.25) is 0 Å². The zero-order valence-electron chi connectivity index (χ0n) is 11.3. The highest BCUT2D eigenvalue weighted by atomic mass is 19.1. The van der Waals surface area contributed by atoms with Crippen LogP contribution in [0.15, 0.2) is 36.4 Å². The Hall–Kier alpha value is -2.38. The number of aryl methyl sites for hydroxylation is 1. The molecule has 1 N–H and O–H groups in total. The Bertz CT molecular complexity index is 721. The standard InChI is InChI=1S/C17H14FNO2/c18-14-3-1-12(9-19)13(7-14)10-21-15-4-5-16-11(8-15)2-6-17(16)20/h1,3-5,7-8,17,20H,2,6,10H2/t17-/m1/s1. The van der Waals surface area contributed by atoms with Crippen molar-refractivity contribution in [2.75, 3.05) is 0 Å². The van der Waals surface area contributed by atoms with Gasteiger partial charge in [-0.25, -0.2) is 4.39 Å². The largest absolute Gasteiger partial charge is 0.489 e. The van der Waals surface area contributed by atoms with Crippen LogP contribution in [0.25, 0.3) is 0 Å². The smallest absolute Gasteiger partial charge is 0.123 e. The fraction of sp³-hybridized carbons (Fsp3) is 0.235. The van der Waals surface area contributed by atoms with Gasteiger partial charge in [-0.1, -0.05) is 6.07 Å². The predicted octanol–water partition coefficient (Wildman–Crippen LogP) is 3.26. The van der Waals surface area contributed by atoms with Gasteiger partial charge in [-0.15, -0.1) is 0 Å². The molecule has 0 aliphatic heterocycles. The average molecular weight is 283 g/mol. The molecule has 2 aromatic rings. The Morgan fingerprint density at radius 2 is 2.14 bits per heavy atom. The predicted molar refractivity (Wildman–Crippen MR) is 75.2 cm³/mol. The molecule has 3 nitrogen and oxygen atoms in total. The summed E-state index contributed by atoms with van der Waals surface area (Å²) < 4.78 is 18.9. The lowest BCUT2D eigenvalue weighted by Gasteiger charge is -2.10. The Labute approximate surface area is 122 Å². The number of aliphatic hydroxyl groups is 1. The zero-order chi connectivity index (χ0) is 14.8. The Morgan fingerprint density at radius 1 is 1.29 bits per heavy atom. The van der Waals surface area contributed by atoms with Crippen LogP contribution < -0.4 is 4.74 Å². The second kappa shape index (κ2) is 5.55. The van der Waals surface area contributed by atoms with E-state index >= 15 is 0 Å². The fourth-order valence-electron chi connectivity index (χ4n) is 2.61. The maximum Gasteiger partial charge on any atom is 0.123 e. The molecule has 0 bridgehead atoms. The van der Waals surface area contributed by atoms with E-state index in [-0.39, 0.29) is 18.5 Å². The van der Waals surface area contributed by atoms with Crippen molar-refractivity contribution in [3.8, 4) is 11.8 Å². The van der Waals surface area contributed by atoms with Crippen LogP contribution >= 0.6 is 0 Å². The van der Waals surface area contributed by atoms with Gasteiger partial charge in [0.1, 0.15) is 18.2 Å². The molecule has 3 rings (SSSR count). The van der Waals surface area contributed by atoms with Crippen LogP contribution in [0.5, 0.6) is 5.75 Å². The normalized spacial score (nSPS) is 16.3. The molecule has 21 heavy (non-hydrogen) atoms. The molecule has 0 spiro atoms. The maximum atomic E-state index is 13.2.